The number of carbonyl (C=O) groups excluding carboxylic acids is 1. The van der Waals surface area contributed by atoms with Crippen molar-refractivity contribution in [2.45, 2.75) is 33.2 Å². The second-order valence-corrected chi connectivity index (χ2v) is 5.14. The van der Waals surface area contributed by atoms with Crippen molar-refractivity contribution in [2.24, 2.45) is 5.92 Å². The van der Waals surface area contributed by atoms with Crippen LogP contribution in [0.2, 0.25) is 0 Å². The highest BCUT2D eigenvalue weighted by atomic mass is 16.1. The SMILES string of the molecule is CC(C)C(C)NC(=O)Cc1c[nH]c2ccccc12. The van der Waals surface area contributed by atoms with Crippen molar-refractivity contribution in [3.8, 4) is 0 Å². The first kappa shape index (κ1) is 12.7. The molecule has 2 rings (SSSR count). The second-order valence-electron chi connectivity index (χ2n) is 5.14. The highest BCUT2D eigenvalue weighted by Crippen LogP contribution is 2.18. The molecule has 3 nitrogen and oxygen atoms in total. The van der Waals surface area contributed by atoms with E-state index in [9.17, 15) is 4.79 Å². The molecule has 1 aromatic carbocycles. The van der Waals surface area contributed by atoms with Gasteiger partial charge in [-0.2, -0.15) is 0 Å². The van der Waals surface area contributed by atoms with Gasteiger partial charge in [0.15, 0.2) is 0 Å². The molecule has 0 radical (unpaired) electrons. The van der Waals surface area contributed by atoms with E-state index in [1.807, 2.05) is 37.4 Å². The Kier molecular flexibility index (Phi) is 3.70. The third kappa shape index (κ3) is 2.73. The summed E-state index contributed by atoms with van der Waals surface area (Å²) in [4.78, 5) is 15.1. The van der Waals surface area contributed by atoms with E-state index in [-0.39, 0.29) is 11.9 Å². The lowest BCUT2D eigenvalue weighted by Gasteiger charge is -2.17. The Morgan fingerprint density at radius 2 is 2.00 bits per heavy atom. The summed E-state index contributed by atoms with van der Waals surface area (Å²) >= 11 is 0. The number of H-pyrrole nitrogens is 1. The molecule has 1 amide bonds. The molecule has 0 fully saturated rings. The third-order valence-corrected chi connectivity index (χ3v) is 3.41. The molecule has 18 heavy (non-hydrogen) atoms. The highest BCUT2D eigenvalue weighted by molar-refractivity contribution is 5.88. The van der Waals surface area contributed by atoms with Gasteiger partial charge < -0.3 is 10.3 Å². The van der Waals surface area contributed by atoms with E-state index in [1.165, 1.54) is 0 Å². The van der Waals surface area contributed by atoms with Gasteiger partial charge in [0, 0.05) is 23.1 Å². The summed E-state index contributed by atoms with van der Waals surface area (Å²) in [6.07, 6.45) is 2.35. The van der Waals surface area contributed by atoms with Gasteiger partial charge in [-0.25, -0.2) is 0 Å². The molecule has 0 bridgehead atoms. The number of hydrogen-bond acceptors (Lipinski definition) is 1. The number of hydrogen-bond donors (Lipinski definition) is 2. The number of amides is 1. The summed E-state index contributed by atoms with van der Waals surface area (Å²) in [5, 5.41) is 4.16. The van der Waals surface area contributed by atoms with Crippen LogP contribution in [0, 0.1) is 5.92 Å². The molecular formula is C15H20N2O. The number of nitrogens with one attached hydrogen (secondary N) is 2. The second kappa shape index (κ2) is 5.25. The maximum absolute atomic E-state index is 11.9. The van der Waals surface area contributed by atoms with Gasteiger partial charge >= 0.3 is 0 Å². The Morgan fingerprint density at radius 1 is 1.28 bits per heavy atom. The summed E-state index contributed by atoms with van der Waals surface area (Å²) in [6.45, 7) is 6.26. The van der Waals surface area contributed by atoms with E-state index in [4.69, 9.17) is 0 Å². The number of aromatic nitrogens is 1. The van der Waals surface area contributed by atoms with Gasteiger partial charge in [-0.1, -0.05) is 32.0 Å². The van der Waals surface area contributed by atoms with Gasteiger partial charge in [0.05, 0.1) is 6.42 Å². The van der Waals surface area contributed by atoms with E-state index >= 15 is 0 Å². The van der Waals surface area contributed by atoms with Crippen molar-refractivity contribution in [1.29, 1.82) is 0 Å². The standard InChI is InChI=1S/C15H20N2O/c1-10(2)11(3)17-15(18)8-12-9-16-14-7-5-4-6-13(12)14/h4-7,9-11,16H,8H2,1-3H3,(H,17,18). The van der Waals surface area contributed by atoms with Crippen molar-refractivity contribution >= 4 is 16.8 Å². The average molecular weight is 244 g/mol. The van der Waals surface area contributed by atoms with Crippen LogP contribution in [-0.2, 0) is 11.2 Å². The molecule has 1 heterocycles. The predicted octanol–water partition coefficient (Wildman–Crippen LogP) is 2.87. The zero-order chi connectivity index (χ0) is 13.1. The van der Waals surface area contributed by atoms with Crippen LogP contribution in [-0.4, -0.2) is 16.9 Å². The number of rotatable bonds is 4. The molecule has 0 aliphatic heterocycles. The first-order chi connectivity index (χ1) is 8.58. The van der Waals surface area contributed by atoms with Crippen molar-refractivity contribution < 1.29 is 4.79 Å². The average Bonchev–Trinajstić information content (AvgIpc) is 2.72. The van der Waals surface area contributed by atoms with E-state index in [2.05, 4.69) is 24.1 Å². The fourth-order valence-corrected chi connectivity index (χ4v) is 1.92. The Bertz CT molecular complexity index is 542. The van der Waals surface area contributed by atoms with E-state index in [0.717, 1.165) is 16.5 Å². The third-order valence-electron chi connectivity index (χ3n) is 3.41. The number of benzene rings is 1. The summed E-state index contributed by atoms with van der Waals surface area (Å²) in [5.74, 6) is 0.540. The summed E-state index contributed by atoms with van der Waals surface area (Å²) < 4.78 is 0. The molecule has 3 heteroatoms. The molecule has 1 unspecified atom stereocenters. The smallest absolute Gasteiger partial charge is 0.224 e. The number of fused-ring (bicyclic) bond motifs is 1. The van der Waals surface area contributed by atoms with Crippen LogP contribution in [0.3, 0.4) is 0 Å². The van der Waals surface area contributed by atoms with Crippen LogP contribution in [0.1, 0.15) is 26.3 Å². The highest BCUT2D eigenvalue weighted by Gasteiger charge is 2.12. The summed E-state index contributed by atoms with van der Waals surface area (Å²) in [7, 11) is 0. The molecule has 1 atom stereocenters. The van der Waals surface area contributed by atoms with Crippen molar-refractivity contribution in [3.05, 3.63) is 36.0 Å². The van der Waals surface area contributed by atoms with Crippen molar-refractivity contribution in [3.63, 3.8) is 0 Å². The Labute approximate surface area is 108 Å². The molecule has 96 valence electrons. The van der Waals surface area contributed by atoms with Crippen LogP contribution in [0.5, 0.6) is 0 Å². The summed E-state index contributed by atoms with van der Waals surface area (Å²) in [5.41, 5.74) is 2.14. The van der Waals surface area contributed by atoms with Gasteiger partial charge in [-0.3, -0.25) is 4.79 Å². The maximum Gasteiger partial charge on any atom is 0.224 e. The fraction of sp³-hybridized carbons (Fsp3) is 0.400. The molecular weight excluding hydrogens is 224 g/mol. The summed E-state index contributed by atoms with van der Waals surface area (Å²) in [6, 6.07) is 8.26. The first-order valence-corrected chi connectivity index (χ1v) is 6.42. The van der Waals surface area contributed by atoms with E-state index in [0.29, 0.717) is 12.3 Å². The zero-order valence-electron chi connectivity index (χ0n) is 11.2. The van der Waals surface area contributed by atoms with Crippen LogP contribution >= 0.6 is 0 Å². The van der Waals surface area contributed by atoms with E-state index < -0.39 is 0 Å². The van der Waals surface area contributed by atoms with Crippen LogP contribution in [0.4, 0.5) is 0 Å². The van der Waals surface area contributed by atoms with Gasteiger partial charge in [0.25, 0.3) is 0 Å². The topological polar surface area (TPSA) is 44.9 Å². The number of para-hydroxylation sites is 1. The Balaban J connectivity index is 2.07. The molecule has 1 aromatic heterocycles. The Morgan fingerprint density at radius 3 is 2.72 bits per heavy atom. The maximum atomic E-state index is 11.9. The monoisotopic (exact) mass is 244 g/mol. The lowest BCUT2D eigenvalue weighted by molar-refractivity contribution is -0.121. The first-order valence-electron chi connectivity index (χ1n) is 6.42. The van der Waals surface area contributed by atoms with Crippen molar-refractivity contribution in [2.75, 3.05) is 0 Å². The van der Waals surface area contributed by atoms with E-state index in [1.54, 1.807) is 0 Å². The largest absolute Gasteiger partial charge is 0.361 e. The lowest BCUT2D eigenvalue weighted by atomic mass is 10.1. The minimum atomic E-state index is 0.0842. The van der Waals surface area contributed by atoms with Crippen LogP contribution in [0.25, 0.3) is 10.9 Å². The molecule has 0 aliphatic rings. The normalized spacial score (nSPS) is 12.9. The number of carbonyl (C=O) groups is 1. The fourth-order valence-electron chi connectivity index (χ4n) is 1.92. The van der Waals surface area contributed by atoms with Gasteiger partial charge in [-0.15, -0.1) is 0 Å². The van der Waals surface area contributed by atoms with Crippen LogP contribution < -0.4 is 5.32 Å². The molecule has 0 aliphatic carbocycles. The quantitative estimate of drug-likeness (QED) is 0.853. The Hall–Kier alpha value is -1.77. The molecule has 2 N–H and O–H groups in total. The molecule has 2 aromatic rings. The molecule has 0 saturated carbocycles. The molecule has 0 saturated heterocycles. The predicted molar refractivity (Wildman–Crippen MR) is 74.4 cm³/mol. The minimum absolute atomic E-state index is 0.0842. The molecule has 0 spiro atoms. The number of aromatic amines is 1. The lowest BCUT2D eigenvalue weighted by Crippen LogP contribution is -2.36. The minimum Gasteiger partial charge on any atom is -0.361 e. The van der Waals surface area contributed by atoms with Gasteiger partial charge in [0.2, 0.25) is 5.91 Å². The zero-order valence-corrected chi connectivity index (χ0v) is 11.2. The van der Waals surface area contributed by atoms with Gasteiger partial charge in [-0.05, 0) is 24.5 Å². The van der Waals surface area contributed by atoms with Crippen molar-refractivity contribution in [1.82, 2.24) is 10.3 Å². The van der Waals surface area contributed by atoms with Crippen LogP contribution in [0.15, 0.2) is 30.5 Å². The van der Waals surface area contributed by atoms with Gasteiger partial charge in [0.1, 0.15) is 0 Å².